The molecule has 0 radical (unpaired) electrons. The molecule has 10 aromatic heterocycles. The standard InChI is InChI=1S/C19H24FN5O.2C19H25N5O2.C19H25N5O.C18H23N5O.5CH4/c1-13(2)15-12-23-25-18(22-11-14-6-3-4-7-16(14)20)10-17(24-19(15)25)21-8-5-9-26;1-13(2)16-10-21-24-18(20-9-14-6-4-3-5-7-14)8-17(23-19(16)24)22-15(11-25)12-26;1-13(2)16-11-22-24-18(21-9-14-6-4-3-5-7-14)8-17(23-19(16)24)20-10-15(26)12-25;1-14(2)16-13-22-24-18(21-12-15-7-4-3-5-8-15)11-17(23-19(16)24)20-9-6-10-25;1-13(2)15-12-21-23-17(20-11-14-6-4-3-5-7-14)10-16(19-8-9-24)22-18(15)23;;;;;/h3-4,6-7,10,12-13,22,26H,5,8-9,11H2,1-2H3,(H,21,24);3-8,10,13,15,20,25-26H,9,11-12H2,1-2H3,(H,22,23);3-8,11,13,15,21,25-26H,9-10,12H2,1-2H3,(H,20,23);3-5,7-8,11,13-14,21,25H,6,9-10,12H2,1-2H3,(H,20,23);3-7,10,12-13,20,24H,8-9,11H2,1-2H3,(H,19,22);5*1H4. The summed E-state index contributed by atoms with van der Waals surface area (Å²) in [5, 5.41) is 119. The summed E-state index contributed by atoms with van der Waals surface area (Å²) in [5.74, 6) is 8.84. The Morgan fingerprint density at radius 2 is 0.568 bits per heavy atom. The minimum atomic E-state index is -0.830. The van der Waals surface area contributed by atoms with E-state index in [-0.39, 0.29) is 101 Å². The normalized spacial score (nSPS) is 11.1. The molecular formula is C99H142FN25O7. The van der Waals surface area contributed by atoms with Gasteiger partial charge in [-0.25, -0.2) is 29.3 Å². The van der Waals surface area contributed by atoms with Gasteiger partial charge in [0.15, 0.2) is 28.2 Å². The first-order valence-electron chi connectivity index (χ1n) is 43.2. The van der Waals surface area contributed by atoms with E-state index in [4.69, 9.17) is 25.4 Å². The molecule has 33 heteroatoms. The Balaban J connectivity index is 0.000000252. The molecule has 1 atom stereocenters. The molecule has 32 nitrogen and oxygen atoms in total. The first-order valence-corrected chi connectivity index (χ1v) is 43.2. The van der Waals surface area contributed by atoms with E-state index < -0.39 is 12.1 Å². The van der Waals surface area contributed by atoms with E-state index in [1.54, 1.807) is 25.7 Å². The van der Waals surface area contributed by atoms with Crippen LogP contribution in [0.1, 0.15) is 204 Å². The maximum absolute atomic E-state index is 13.9. The summed E-state index contributed by atoms with van der Waals surface area (Å²) >= 11 is 0. The third-order valence-corrected chi connectivity index (χ3v) is 20.5. The molecular weight excluding hydrogens is 1670 g/mol. The number of nitrogens with one attached hydrogen (secondary N) is 10. The molecule has 17 N–H and O–H groups in total. The fourth-order valence-corrected chi connectivity index (χ4v) is 13.4. The second kappa shape index (κ2) is 54.5. The number of rotatable bonds is 39. The molecule has 0 fully saturated rings. The Morgan fingerprint density at radius 1 is 0.303 bits per heavy atom. The van der Waals surface area contributed by atoms with Crippen LogP contribution >= 0.6 is 0 Å². The molecule has 15 aromatic rings. The Kier molecular flexibility index (Phi) is 44.4. The number of halogens is 1. The van der Waals surface area contributed by atoms with E-state index in [1.807, 2.05) is 149 Å². The quantitative estimate of drug-likeness (QED) is 0.0159. The van der Waals surface area contributed by atoms with Crippen molar-refractivity contribution in [1.82, 2.24) is 73.0 Å². The average Bonchev–Trinajstić information content (AvgIpc) is 1.66. The average molecular weight is 1810 g/mol. The second-order valence-corrected chi connectivity index (χ2v) is 32.0. The molecule has 0 bridgehead atoms. The Bertz CT molecular complexity index is 5830. The number of fused-ring (bicyclic) bond motifs is 5. The zero-order valence-electron chi connectivity index (χ0n) is 73.9. The Hall–Kier alpha value is -13.2. The highest BCUT2D eigenvalue weighted by atomic mass is 19.1. The highest BCUT2D eigenvalue weighted by molar-refractivity contribution is 5.66. The van der Waals surface area contributed by atoms with Crippen LogP contribution in [0.4, 0.5) is 62.6 Å². The zero-order chi connectivity index (χ0) is 90.1. The first kappa shape index (κ1) is 108. The summed E-state index contributed by atoms with van der Waals surface area (Å²) in [6.45, 7) is 25.9. The van der Waals surface area contributed by atoms with Crippen molar-refractivity contribution < 1.29 is 40.1 Å². The number of aliphatic hydroxyl groups excluding tert-OH is 7. The van der Waals surface area contributed by atoms with Gasteiger partial charge < -0.3 is 88.9 Å². The maximum Gasteiger partial charge on any atom is 0.163 e. The third-order valence-electron chi connectivity index (χ3n) is 20.5. The first-order chi connectivity index (χ1) is 61.7. The molecule has 10 heterocycles. The van der Waals surface area contributed by atoms with Gasteiger partial charge in [-0.2, -0.15) is 48.1 Å². The molecule has 15 rings (SSSR count). The summed E-state index contributed by atoms with van der Waals surface area (Å²) < 4.78 is 22.9. The monoisotopic (exact) mass is 1810 g/mol. The van der Waals surface area contributed by atoms with E-state index in [0.29, 0.717) is 106 Å². The van der Waals surface area contributed by atoms with Crippen LogP contribution in [0, 0.1) is 5.82 Å². The molecule has 0 amide bonds. The van der Waals surface area contributed by atoms with Gasteiger partial charge in [-0.3, -0.25) is 0 Å². The fraction of sp³-hybridized carbons (Fsp3) is 0.394. The third kappa shape index (κ3) is 29.9. The molecule has 0 aliphatic heterocycles. The molecule has 0 spiro atoms. The lowest BCUT2D eigenvalue weighted by molar-refractivity contribution is 0.105. The molecule has 5 aromatic carbocycles. The number of aromatic nitrogens is 15. The van der Waals surface area contributed by atoms with Crippen LogP contribution in [0.3, 0.4) is 0 Å². The lowest BCUT2D eigenvalue weighted by Crippen LogP contribution is -2.28. The number of benzene rings is 5. The van der Waals surface area contributed by atoms with Crippen LogP contribution in [0.5, 0.6) is 0 Å². The van der Waals surface area contributed by atoms with Crippen molar-refractivity contribution in [3.63, 3.8) is 0 Å². The van der Waals surface area contributed by atoms with Gasteiger partial charge in [0.25, 0.3) is 0 Å². The molecule has 0 saturated carbocycles. The van der Waals surface area contributed by atoms with E-state index in [1.165, 1.54) is 22.8 Å². The van der Waals surface area contributed by atoms with Gasteiger partial charge >= 0.3 is 0 Å². The van der Waals surface area contributed by atoms with Crippen molar-refractivity contribution in [2.24, 2.45) is 0 Å². The lowest BCUT2D eigenvalue weighted by Gasteiger charge is -2.16. The molecule has 132 heavy (non-hydrogen) atoms. The van der Waals surface area contributed by atoms with Gasteiger partial charge in [0, 0.05) is 136 Å². The summed E-state index contributed by atoms with van der Waals surface area (Å²) in [6.07, 6.45) is 9.75. The van der Waals surface area contributed by atoms with Crippen LogP contribution < -0.4 is 53.2 Å². The van der Waals surface area contributed by atoms with Crippen LogP contribution in [0.2, 0.25) is 0 Å². The molecule has 712 valence electrons. The minimum absolute atomic E-state index is 0. The Morgan fingerprint density at radius 3 is 0.841 bits per heavy atom. The van der Waals surface area contributed by atoms with E-state index in [0.717, 1.165) is 102 Å². The van der Waals surface area contributed by atoms with Gasteiger partial charge in [-0.15, -0.1) is 0 Å². The number of aliphatic hydroxyl groups is 7. The largest absolute Gasteiger partial charge is 0.396 e. The van der Waals surface area contributed by atoms with Crippen molar-refractivity contribution in [2.45, 2.75) is 194 Å². The molecule has 0 aliphatic rings. The summed E-state index contributed by atoms with van der Waals surface area (Å²) in [6, 6.07) is 56.4. The summed E-state index contributed by atoms with van der Waals surface area (Å²) in [7, 11) is 0. The minimum Gasteiger partial charge on any atom is -0.396 e. The van der Waals surface area contributed by atoms with Crippen LogP contribution in [0.15, 0.2) is 207 Å². The second-order valence-electron chi connectivity index (χ2n) is 32.0. The van der Waals surface area contributed by atoms with Crippen molar-refractivity contribution in [1.29, 1.82) is 0 Å². The molecule has 0 saturated heterocycles. The van der Waals surface area contributed by atoms with Crippen LogP contribution in [0.25, 0.3) is 28.2 Å². The highest BCUT2D eigenvalue weighted by Gasteiger charge is 2.22. The zero-order valence-corrected chi connectivity index (χ0v) is 73.9. The molecule has 0 aliphatic carbocycles. The smallest absolute Gasteiger partial charge is 0.163 e. The summed E-state index contributed by atoms with van der Waals surface area (Å²) in [5.41, 5.74) is 14.7. The SMILES string of the molecule is C.C.C.C.C.CC(C)c1cnn2c(NCc3ccccc3)cc(NC(CO)CO)nc12.CC(C)c1cnn2c(NCc3ccccc3)cc(NCC(O)CO)nc12.CC(C)c1cnn2c(NCc3ccccc3)cc(NCCCO)nc12.CC(C)c1cnn2c(NCc3ccccc3)cc(NCCO)nc12.CC(C)c1cnn2c(NCc3ccccc3F)cc(NCCCO)nc12. The van der Waals surface area contributed by atoms with Crippen molar-refractivity contribution in [3.8, 4) is 0 Å². The van der Waals surface area contributed by atoms with E-state index in [9.17, 15) is 19.7 Å². The van der Waals surface area contributed by atoms with Gasteiger partial charge in [0.05, 0.1) is 69.6 Å². The summed E-state index contributed by atoms with van der Waals surface area (Å²) in [4.78, 5) is 23.3. The van der Waals surface area contributed by atoms with Crippen molar-refractivity contribution >= 4 is 86.4 Å². The van der Waals surface area contributed by atoms with E-state index in [2.05, 4.69) is 216 Å². The van der Waals surface area contributed by atoms with Gasteiger partial charge in [-0.1, -0.05) is 246 Å². The topological polar surface area (TPSA) is 413 Å². The number of hydrogen-bond acceptors (Lipinski definition) is 27. The van der Waals surface area contributed by atoms with E-state index >= 15 is 0 Å². The predicted molar refractivity (Wildman–Crippen MR) is 537 cm³/mol. The highest BCUT2D eigenvalue weighted by Crippen LogP contribution is 2.31. The van der Waals surface area contributed by atoms with Gasteiger partial charge in [-0.05, 0) is 70.8 Å². The number of hydrogen-bond donors (Lipinski definition) is 17. The van der Waals surface area contributed by atoms with Crippen LogP contribution in [-0.4, -0.2) is 187 Å². The lowest BCUT2D eigenvalue weighted by atomic mass is 10.1. The fourth-order valence-electron chi connectivity index (χ4n) is 13.4. The van der Waals surface area contributed by atoms with Crippen LogP contribution in [-0.2, 0) is 32.7 Å². The predicted octanol–water partition coefficient (Wildman–Crippen LogP) is 17.2. The van der Waals surface area contributed by atoms with Crippen molar-refractivity contribution in [2.75, 3.05) is 119 Å². The van der Waals surface area contributed by atoms with Gasteiger partial charge in [0.1, 0.15) is 64.0 Å². The number of anilines is 10. The van der Waals surface area contributed by atoms with Gasteiger partial charge in [0.2, 0.25) is 0 Å². The van der Waals surface area contributed by atoms with Crippen molar-refractivity contribution in [3.05, 3.63) is 268 Å². The molecule has 1 unspecified atom stereocenters. The maximum atomic E-state index is 13.9. The number of nitrogens with zero attached hydrogens (tertiary/aromatic N) is 15. The Labute approximate surface area is 776 Å².